The summed E-state index contributed by atoms with van der Waals surface area (Å²) in [5.74, 6) is -0.183. The third-order valence-electron chi connectivity index (χ3n) is 1.23. The highest BCUT2D eigenvalue weighted by Gasteiger charge is 2.06. The lowest BCUT2D eigenvalue weighted by molar-refractivity contribution is -0.141. The van der Waals surface area contributed by atoms with Crippen LogP contribution in [0.2, 0.25) is 0 Å². The van der Waals surface area contributed by atoms with Gasteiger partial charge in [0.2, 0.25) is 0 Å². The summed E-state index contributed by atoms with van der Waals surface area (Å²) in [6, 6.07) is 0. The fourth-order valence-electron chi connectivity index (χ4n) is 0.650. The molecule has 0 heterocycles. The molecular weight excluding hydrogens is 186 g/mol. The summed E-state index contributed by atoms with van der Waals surface area (Å²) >= 11 is 0. The smallest absolute Gasteiger partial charge is 0.407 e. The Morgan fingerprint density at radius 3 is 2.43 bits per heavy atom. The molecule has 0 unspecified atom stereocenters. The first-order valence-electron chi connectivity index (χ1n) is 4.62. The molecule has 0 spiro atoms. The van der Waals surface area contributed by atoms with Gasteiger partial charge in [-0.15, -0.1) is 0 Å². The van der Waals surface area contributed by atoms with E-state index >= 15 is 0 Å². The summed E-state index contributed by atoms with van der Waals surface area (Å²) in [5.41, 5.74) is 0. The average molecular weight is 203 g/mol. The monoisotopic (exact) mass is 203 g/mol. The van der Waals surface area contributed by atoms with Gasteiger partial charge >= 0.3 is 12.1 Å². The van der Waals surface area contributed by atoms with Crippen LogP contribution in [0.25, 0.3) is 0 Å². The van der Waals surface area contributed by atoms with Crippen molar-refractivity contribution in [1.82, 2.24) is 5.32 Å². The summed E-state index contributed by atoms with van der Waals surface area (Å²) in [5, 5.41) is 2.29. The van der Waals surface area contributed by atoms with Gasteiger partial charge in [0.1, 0.15) is 6.54 Å². The SMILES string of the molecule is CCOC(=O)CNC(=O)OCC(C)C. The number of rotatable bonds is 5. The van der Waals surface area contributed by atoms with Crippen molar-refractivity contribution >= 4 is 12.1 Å². The second-order valence-corrected chi connectivity index (χ2v) is 3.15. The van der Waals surface area contributed by atoms with E-state index in [1.807, 2.05) is 13.8 Å². The second-order valence-electron chi connectivity index (χ2n) is 3.15. The number of esters is 1. The Balaban J connectivity index is 3.48. The molecular formula is C9H17NO4. The van der Waals surface area contributed by atoms with Crippen molar-refractivity contribution in [2.75, 3.05) is 19.8 Å². The molecule has 0 saturated carbocycles. The molecule has 0 aromatic carbocycles. The molecule has 0 fully saturated rings. The maximum atomic E-state index is 10.9. The summed E-state index contributed by atoms with van der Waals surface area (Å²) in [6.07, 6.45) is -0.591. The van der Waals surface area contributed by atoms with Crippen LogP contribution in [0.4, 0.5) is 4.79 Å². The number of nitrogens with one attached hydrogen (secondary N) is 1. The summed E-state index contributed by atoms with van der Waals surface area (Å²) < 4.78 is 9.38. The number of hydrogen-bond acceptors (Lipinski definition) is 4. The molecule has 0 rings (SSSR count). The van der Waals surface area contributed by atoms with E-state index in [2.05, 4.69) is 10.1 Å². The molecule has 82 valence electrons. The zero-order chi connectivity index (χ0) is 11.0. The highest BCUT2D eigenvalue weighted by atomic mass is 16.6. The van der Waals surface area contributed by atoms with Crippen LogP contribution in [-0.4, -0.2) is 31.8 Å². The van der Waals surface area contributed by atoms with Crippen LogP contribution >= 0.6 is 0 Å². The minimum Gasteiger partial charge on any atom is -0.465 e. The predicted octanol–water partition coefficient (Wildman–Crippen LogP) is 0.932. The number of ether oxygens (including phenoxy) is 2. The van der Waals surface area contributed by atoms with E-state index in [9.17, 15) is 9.59 Å². The van der Waals surface area contributed by atoms with Crippen LogP contribution in [0.3, 0.4) is 0 Å². The predicted molar refractivity (Wildman–Crippen MR) is 50.8 cm³/mol. The van der Waals surface area contributed by atoms with Gasteiger partial charge in [-0.05, 0) is 12.8 Å². The molecule has 0 saturated heterocycles. The molecule has 5 heteroatoms. The summed E-state index contributed by atoms with van der Waals surface area (Å²) in [6.45, 7) is 6.06. The van der Waals surface area contributed by atoms with Crippen molar-refractivity contribution < 1.29 is 19.1 Å². The van der Waals surface area contributed by atoms with Crippen molar-refractivity contribution in [3.8, 4) is 0 Å². The fourth-order valence-corrected chi connectivity index (χ4v) is 0.650. The van der Waals surface area contributed by atoms with E-state index in [-0.39, 0.29) is 12.5 Å². The Bertz CT molecular complexity index is 191. The first-order chi connectivity index (χ1) is 6.56. The third kappa shape index (κ3) is 7.39. The molecule has 0 bridgehead atoms. The quantitative estimate of drug-likeness (QED) is 0.675. The number of alkyl carbamates (subject to hydrolysis) is 1. The minimum absolute atomic E-state index is 0.148. The van der Waals surface area contributed by atoms with Gasteiger partial charge in [-0.3, -0.25) is 4.79 Å². The molecule has 1 N–H and O–H groups in total. The van der Waals surface area contributed by atoms with Gasteiger partial charge < -0.3 is 14.8 Å². The maximum absolute atomic E-state index is 10.9. The van der Waals surface area contributed by atoms with Crippen molar-refractivity contribution in [2.45, 2.75) is 20.8 Å². The standard InChI is InChI=1S/C9H17NO4/c1-4-13-8(11)5-10-9(12)14-6-7(2)3/h7H,4-6H2,1-3H3,(H,10,12). The Morgan fingerprint density at radius 1 is 1.29 bits per heavy atom. The number of amides is 1. The number of hydrogen-bond donors (Lipinski definition) is 1. The molecule has 0 aliphatic rings. The van der Waals surface area contributed by atoms with E-state index in [0.717, 1.165) is 0 Å². The molecule has 14 heavy (non-hydrogen) atoms. The summed E-state index contributed by atoms with van der Waals surface area (Å²) in [4.78, 5) is 21.7. The normalized spacial score (nSPS) is 9.71. The average Bonchev–Trinajstić information content (AvgIpc) is 2.12. The van der Waals surface area contributed by atoms with Crippen molar-refractivity contribution in [2.24, 2.45) is 5.92 Å². The Hall–Kier alpha value is -1.26. The molecule has 0 atom stereocenters. The first kappa shape index (κ1) is 12.7. The zero-order valence-electron chi connectivity index (χ0n) is 8.83. The van der Waals surface area contributed by atoms with E-state index in [1.165, 1.54) is 0 Å². The largest absolute Gasteiger partial charge is 0.465 e. The Morgan fingerprint density at radius 2 is 1.93 bits per heavy atom. The molecule has 0 aliphatic heterocycles. The van der Waals surface area contributed by atoms with Crippen LogP contribution in [0.1, 0.15) is 20.8 Å². The van der Waals surface area contributed by atoms with Crippen LogP contribution in [0.15, 0.2) is 0 Å². The van der Waals surface area contributed by atoms with Crippen LogP contribution < -0.4 is 5.32 Å². The van der Waals surface area contributed by atoms with E-state index in [0.29, 0.717) is 13.2 Å². The van der Waals surface area contributed by atoms with Crippen LogP contribution in [0, 0.1) is 5.92 Å². The fraction of sp³-hybridized carbons (Fsp3) is 0.778. The molecule has 0 aromatic rings. The summed E-state index contributed by atoms with van der Waals surface area (Å²) in [7, 11) is 0. The van der Waals surface area contributed by atoms with E-state index in [4.69, 9.17) is 4.74 Å². The maximum Gasteiger partial charge on any atom is 0.407 e. The Kier molecular flexibility index (Phi) is 6.53. The van der Waals surface area contributed by atoms with Crippen molar-refractivity contribution in [3.63, 3.8) is 0 Å². The van der Waals surface area contributed by atoms with Crippen LogP contribution in [-0.2, 0) is 14.3 Å². The number of carbonyl (C=O) groups is 2. The number of carbonyl (C=O) groups excluding carboxylic acids is 2. The van der Waals surface area contributed by atoms with Gasteiger partial charge in [0.05, 0.1) is 13.2 Å². The molecule has 1 amide bonds. The molecule has 0 aromatic heterocycles. The zero-order valence-corrected chi connectivity index (χ0v) is 8.83. The highest BCUT2D eigenvalue weighted by molar-refractivity contribution is 5.77. The van der Waals surface area contributed by atoms with Crippen LogP contribution in [0.5, 0.6) is 0 Å². The topological polar surface area (TPSA) is 64.6 Å². The van der Waals surface area contributed by atoms with E-state index in [1.54, 1.807) is 6.92 Å². The lowest BCUT2D eigenvalue weighted by atomic mass is 10.2. The molecule has 5 nitrogen and oxygen atoms in total. The minimum atomic E-state index is -0.591. The highest BCUT2D eigenvalue weighted by Crippen LogP contribution is 1.92. The molecule has 0 radical (unpaired) electrons. The Labute approximate surface area is 83.8 Å². The third-order valence-corrected chi connectivity index (χ3v) is 1.23. The first-order valence-corrected chi connectivity index (χ1v) is 4.62. The van der Waals surface area contributed by atoms with Gasteiger partial charge in [-0.25, -0.2) is 4.79 Å². The van der Waals surface area contributed by atoms with Gasteiger partial charge in [0.15, 0.2) is 0 Å². The lowest BCUT2D eigenvalue weighted by Crippen LogP contribution is -2.31. The second kappa shape index (κ2) is 7.17. The van der Waals surface area contributed by atoms with Gasteiger partial charge in [-0.1, -0.05) is 13.8 Å². The van der Waals surface area contributed by atoms with E-state index < -0.39 is 12.1 Å². The molecule has 0 aliphatic carbocycles. The lowest BCUT2D eigenvalue weighted by Gasteiger charge is -2.08. The van der Waals surface area contributed by atoms with Gasteiger partial charge in [0.25, 0.3) is 0 Å². The van der Waals surface area contributed by atoms with Gasteiger partial charge in [0, 0.05) is 0 Å². The van der Waals surface area contributed by atoms with Gasteiger partial charge in [-0.2, -0.15) is 0 Å². The van der Waals surface area contributed by atoms with Crippen molar-refractivity contribution in [1.29, 1.82) is 0 Å². The van der Waals surface area contributed by atoms with Crippen molar-refractivity contribution in [3.05, 3.63) is 0 Å².